The van der Waals surface area contributed by atoms with Crippen LogP contribution in [0.2, 0.25) is 5.02 Å². The van der Waals surface area contributed by atoms with Gasteiger partial charge in [0.15, 0.2) is 5.75 Å². The molecule has 0 atom stereocenters. The Morgan fingerprint density at radius 2 is 2.28 bits per heavy atom. The van der Waals surface area contributed by atoms with Crippen molar-refractivity contribution in [3.05, 3.63) is 29.2 Å². The largest absolute Gasteiger partial charge is 0.504 e. The second-order valence-electron chi connectivity index (χ2n) is 3.93. The van der Waals surface area contributed by atoms with Crippen LogP contribution in [-0.4, -0.2) is 18.7 Å². The zero-order valence-electron chi connectivity index (χ0n) is 9.70. The van der Waals surface area contributed by atoms with Crippen molar-refractivity contribution >= 4 is 17.2 Å². The van der Waals surface area contributed by atoms with Crippen LogP contribution in [0.3, 0.4) is 0 Å². The first-order valence-corrected chi connectivity index (χ1v) is 5.83. The molecule has 1 aliphatic rings. The molecule has 1 aromatic heterocycles. The van der Waals surface area contributed by atoms with Gasteiger partial charge in [0.2, 0.25) is 0 Å². The molecule has 1 saturated carbocycles. The number of hydrogen-bond donors (Lipinski definition) is 0. The van der Waals surface area contributed by atoms with Crippen LogP contribution >= 0.6 is 11.6 Å². The van der Waals surface area contributed by atoms with Crippen LogP contribution < -0.4 is 4.74 Å². The highest BCUT2D eigenvalue weighted by Crippen LogP contribution is 2.45. The third-order valence-corrected chi connectivity index (χ3v) is 2.90. The summed E-state index contributed by atoms with van der Waals surface area (Å²) in [6, 6.07) is 1.42. The minimum atomic E-state index is -2.94. The first-order valence-electron chi connectivity index (χ1n) is 5.46. The molecule has 1 fully saturated rings. The Labute approximate surface area is 108 Å². The summed E-state index contributed by atoms with van der Waals surface area (Å²) in [6.07, 6.45) is 4.94. The second kappa shape index (κ2) is 5.52. The molecule has 1 aromatic rings. The minimum Gasteiger partial charge on any atom is -0.504 e. The number of aromatic nitrogens is 1. The van der Waals surface area contributed by atoms with E-state index in [2.05, 4.69) is 9.72 Å². The van der Waals surface area contributed by atoms with Crippen molar-refractivity contribution in [1.29, 1.82) is 0 Å². The van der Waals surface area contributed by atoms with E-state index in [0.29, 0.717) is 5.69 Å². The maximum absolute atomic E-state index is 12.4. The highest BCUT2D eigenvalue weighted by atomic mass is 35.5. The summed E-state index contributed by atoms with van der Waals surface area (Å²) in [5.74, 6) is 0.181. The van der Waals surface area contributed by atoms with E-state index in [9.17, 15) is 8.78 Å². The molecular formula is C12H12ClF2NO2. The number of pyridine rings is 1. The van der Waals surface area contributed by atoms with Gasteiger partial charge in [-0.05, 0) is 24.8 Å². The Morgan fingerprint density at radius 3 is 2.83 bits per heavy atom. The summed E-state index contributed by atoms with van der Waals surface area (Å²) in [5.41, 5.74) is 1.07. The monoisotopic (exact) mass is 275 g/mol. The van der Waals surface area contributed by atoms with Crippen molar-refractivity contribution in [3.63, 3.8) is 0 Å². The number of alkyl halides is 2. The lowest BCUT2D eigenvalue weighted by molar-refractivity contribution is -0.0502. The third kappa shape index (κ3) is 2.90. The van der Waals surface area contributed by atoms with E-state index in [0.717, 1.165) is 18.4 Å². The van der Waals surface area contributed by atoms with Gasteiger partial charge >= 0.3 is 6.61 Å². The molecule has 0 saturated heterocycles. The number of halogens is 3. The fourth-order valence-corrected chi connectivity index (χ4v) is 1.89. The fourth-order valence-electron chi connectivity index (χ4n) is 1.70. The molecule has 6 heteroatoms. The Bertz CT molecular complexity index is 461. The predicted molar refractivity (Wildman–Crippen MR) is 63.6 cm³/mol. The van der Waals surface area contributed by atoms with Crippen molar-refractivity contribution in [2.45, 2.75) is 19.5 Å². The van der Waals surface area contributed by atoms with Gasteiger partial charge in [-0.25, -0.2) is 0 Å². The van der Waals surface area contributed by atoms with Crippen LogP contribution in [0.1, 0.15) is 18.5 Å². The van der Waals surface area contributed by atoms with Crippen molar-refractivity contribution in [3.8, 4) is 5.75 Å². The van der Waals surface area contributed by atoms with Crippen LogP contribution in [0.25, 0.3) is 5.57 Å². The summed E-state index contributed by atoms with van der Waals surface area (Å²) in [6.45, 7) is -2.94. The molecule has 0 unspecified atom stereocenters. The topological polar surface area (TPSA) is 31.4 Å². The zero-order valence-corrected chi connectivity index (χ0v) is 10.5. The summed E-state index contributed by atoms with van der Waals surface area (Å²) in [5, 5.41) is 0.114. The Hall–Kier alpha value is -1.36. The molecule has 0 amide bonds. The van der Waals surface area contributed by atoms with E-state index >= 15 is 0 Å². The summed E-state index contributed by atoms with van der Waals surface area (Å²) in [4.78, 5) is 4.08. The second-order valence-corrected chi connectivity index (χ2v) is 4.34. The summed E-state index contributed by atoms with van der Waals surface area (Å²) in [7, 11) is 1.50. The maximum Gasteiger partial charge on any atom is 0.387 e. The van der Waals surface area contributed by atoms with Gasteiger partial charge in [-0.2, -0.15) is 8.78 Å². The van der Waals surface area contributed by atoms with Gasteiger partial charge in [-0.1, -0.05) is 11.6 Å². The quantitative estimate of drug-likeness (QED) is 0.767. The first-order chi connectivity index (χ1) is 8.63. The molecular weight excluding hydrogens is 264 g/mol. The van der Waals surface area contributed by atoms with Gasteiger partial charge in [0.25, 0.3) is 0 Å². The van der Waals surface area contributed by atoms with Crippen molar-refractivity contribution in [2.75, 3.05) is 7.11 Å². The number of allylic oxidation sites excluding steroid dienone is 1. The summed E-state index contributed by atoms with van der Waals surface area (Å²) < 4.78 is 34.2. The van der Waals surface area contributed by atoms with E-state index in [1.54, 1.807) is 0 Å². The van der Waals surface area contributed by atoms with E-state index in [-0.39, 0.29) is 16.7 Å². The molecule has 0 aliphatic heterocycles. The molecule has 0 spiro atoms. The number of rotatable bonds is 5. The lowest BCUT2D eigenvalue weighted by Crippen LogP contribution is -2.06. The van der Waals surface area contributed by atoms with E-state index < -0.39 is 6.61 Å². The smallest absolute Gasteiger partial charge is 0.387 e. The molecule has 18 heavy (non-hydrogen) atoms. The molecule has 0 radical (unpaired) electrons. The SMILES string of the molecule is CO/C=C(/c1nccc(Cl)c1OC(F)F)C1CC1. The van der Waals surface area contributed by atoms with Gasteiger partial charge in [-0.3, -0.25) is 4.98 Å². The molecule has 0 aromatic carbocycles. The standard InChI is InChI=1S/C12H12ClF2NO2/c1-17-6-8(7-2-3-7)10-11(18-12(14)15)9(13)4-5-16-10/h4-7,12H,2-3H2,1H3/b8-6+. The maximum atomic E-state index is 12.4. The van der Waals surface area contributed by atoms with Gasteiger partial charge in [0, 0.05) is 11.8 Å². The van der Waals surface area contributed by atoms with Gasteiger partial charge in [0.05, 0.1) is 18.4 Å². The van der Waals surface area contributed by atoms with E-state index in [1.807, 2.05) is 0 Å². The van der Waals surface area contributed by atoms with Crippen LogP contribution in [-0.2, 0) is 4.74 Å². The molecule has 3 nitrogen and oxygen atoms in total. The van der Waals surface area contributed by atoms with Crippen LogP contribution in [0, 0.1) is 5.92 Å². The van der Waals surface area contributed by atoms with Crippen molar-refractivity contribution < 1.29 is 18.3 Å². The number of hydrogen-bond acceptors (Lipinski definition) is 3. The molecule has 2 rings (SSSR count). The Balaban J connectivity index is 2.41. The van der Waals surface area contributed by atoms with Crippen LogP contribution in [0.4, 0.5) is 8.78 Å². The third-order valence-electron chi connectivity index (χ3n) is 2.60. The Kier molecular flexibility index (Phi) is 4.01. The molecule has 98 valence electrons. The zero-order chi connectivity index (χ0) is 13.1. The van der Waals surface area contributed by atoms with Crippen molar-refractivity contribution in [1.82, 2.24) is 4.98 Å². The lowest BCUT2D eigenvalue weighted by Gasteiger charge is -2.13. The lowest BCUT2D eigenvalue weighted by atomic mass is 10.1. The highest BCUT2D eigenvalue weighted by molar-refractivity contribution is 6.32. The number of ether oxygens (including phenoxy) is 2. The molecule has 1 aliphatic carbocycles. The predicted octanol–water partition coefficient (Wildman–Crippen LogP) is 3.73. The normalized spacial score (nSPS) is 15.9. The fraction of sp³-hybridized carbons (Fsp3) is 0.417. The van der Waals surface area contributed by atoms with Crippen LogP contribution in [0.15, 0.2) is 18.5 Å². The molecule has 0 N–H and O–H groups in total. The van der Waals surface area contributed by atoms with E-state index in [1.165, 1.54) is 25.6 Å². The van der Waals surface area contributed by atoms with Gasteiger partial charge in [-0.15, -0.1) is 0 Å². The van der Waals surface area contributed by atoms with Gasteiger partial charge < -0.3 is 9.47 Å². The molecule has 0 bridgehead atoms. The van der Waals surface area contributed by atoms with Crippen molar-refractivity contribution in [2.24, 2.45) is 5.92 Å². The average Bonchev–Trinajstić information content (AvgIpc) is 3.13. The molecule has 1 heterocycles. The van der Waals surface area contributed by atoms with Gasteiger partial charge in [0.1, 0.15) is 5.69 Å². The average molecular weight is 276 g/mol. The Morgan fingerprint density at radius 1 is 1.56 bits per heavy atom. The first kappa shape index (κ1) is 13.1. The highest BCUT2D eigenvalue weighted by Gasteiger charge is 2.31. The minimum absolute atomic E-state index is 0.0932. The van der Waals surface area contributed by atoms with E-state index in [4.69, 9.17) is 16.3 Å². The number of nitrogens with zero attached hydrogens (tertiary/aromatic N) is 1. The summed E-state index contributed by atoms with van der Waals surface area (Å²) >= 11 is 5.88. The van der Waals surface area contributed by atoms with Crippen LogP contribution in [0.5, 0.6) is 5.75 Å². The number of methoxy groups -OCH3 is 1.